The summed E-state index contributed by atoms with van der Waals surface area (Å²) in [5, 5.41) is 18.0. The van der Waals surface area contributed by atoms with Gasteiger partial charge in [0.1, 0.15) is 18.0 Å². The van der Waals surface area contributed by atoms with Crippen LogP contribution in [0.1, 0.15) is 56.6 Å². The zero-order valence-electron chi connectivity index (χ0n) is 13.6. The zero-order valence-corrected chi connectivity index (χ0v) is 13.6. The van der Waals surface area contributed by atoms with Crippen molar-refractivity contribution in [1.29, 1.82) is 10.5 Å². The molecule has 0 bridgehead atoms. The first-order valence-electron chi connectivity index (χ1n) is 8.10. The van der Waals surface area contributed by atoms with Crippen molar-refractivity contribution in [2.45, 2.75) is 50.9 Å². The van der Waals surface area contributed by atoms with Gasteiger partial charge in [-0.05, 0) is 43.0 Å². The lowest BCUT2D eigenvalue weighted by molar-refractivity contribution is -0.147. The number of carbonyl (C=O) groups is 1. The summed E-state index contributed by atoms with van der Waals surface area (Å²) < 4.78 is 19.4. The number of ether oxygens (including phenoxy) is 1. The summed E-state index contributed by atoms with van der Waals surface area (Å²) in [5.41, 5.74) is -0.504. The van der Waals surface area contributed by atoms with E-state index in [1.807, 2.05) is 13.0 Å². The number of rotatable bonds is 4. The third-order valence-corrected chi connectivity index (χ3v) is 4.44. The number of allylic oxidation sites excluding steroid dienone is 2. The van der Waals surface area contributed by atoms with Crippen molar-refractivity contribution in [3.05, 3.63) is 47.0 Å². The van der Waals surface area contributed by atoms with E-state index in [0.29, 0.717) is 24.8 Å². The maximum atomic E-state index is 14.0. The topological polar surface area (TPSA) is 73.9 Å². The van der Waals surface area contributed by atoms with Gasteiger partial charge in [0.15, 0.2) is 0 Å². The highest BCUT2D eigenvalue weighted by atomic mass is 19.1. The summed E-state index contributed by atoms with van der Waals surface area (Å²) >= 11 is 0. The molecule has 0 heterocycles. The van der Waals surface area contributed by atoms with Crippen LogP contribution < -0.4 is 0 Å². The van der Waals surface area contributed by atoms with E-state index >= 15 is 0 Å². The lowest BCUT2D eigenvalue weighted by atomic mass is 9.69. The van der Waals surface area contributed by atoms with Crippen molar-refractivity contribution in [3.63, 3.8) is 0 Å². The number of benzene rings is 1. The predicted molar refractivity (Wildman–Crippen MR) is 86.0 cm³/mol. The molecule has 0 amide bonds. The van der Waals surface area contributed by atoms with E-state index in [9.17, 15) is 9.18 Å². The minimum atomic E-state index is -0.962. The van der Waals surface area contributed by atoms with E-state index in [-0.39, 0.29) is 11.3 Å². The number of hydrogen-bond acceptors (Lipinski definition) is 4. The highest BCUT2D eigenvalue weighted by Gasteiger charge is 2.43. The number of halogens is 1. The Balaban J connectivity index is 2.42. The Morgan fingerprint density at radius 1 is 1.33 bits per heavy atom. The number of nitrogens with zero attached hydrogens (tertiary/aromatic N) is 2. The molecule has 0 spiro atoms. The average molecular weight is 326 g/mol. The van der Waals surface area contributed by atoms with Crippen LogP contribution in [0.4, 0.5) is 4.39 Å². The summed E-state index contributed by atoms with van der Waals surface area (Å²) in [4.78, 5) is 12.8. The monoisotopic (exact) mass is 326 g/mol. The number of carbonyl (C=O) groups excluding carboxylic acids is 1. The van der Waals surface area contributed by atoms with Crippen LogP contribution in [0, 0.1) is 28.5 Å². The van der Waals surface area contributed by atoms with E-state index < -0.39 is 17.2 Å². The first-order valence-corrected chi connectivity index (χ1v) is 8.10. The highest BCUT2D eigenvalue weighted by Crippen LogP contribution is 2.41. The van der Waals surface area contributed by atoms with Crippen molar-refractivity contribution >= 4 is 5.97 Å². The molecule has 1 fully saturated rings. The fraction of sp³-hybridized carbons (Fsp3) is 0.421. The Hall–Kier alpha value is -2.66. The molecule has 0 aliphatic heterocycles. The van der Waals surface area contributed by atoms with Gasteiger partial charge in [-0.2, -0.15) is 10.5 Å². The minimum absolute atomic E-state index is 0.0263. The van der Waals surface area contributed by atoms with Gasteiger partial charge in [0.2, 0.25) is 5.76 Å². The van der Waals surface area contributed by atoms with Crippen LogP contribution in [0.3, 0.4) is 0 Å². The Bertz CT molecular complexity index is 735. The van der Waals surface area contributed by atoms with Gasteiger partial charge >= 0.3 is 5.97 Å². The number of nitriles is 2. The molecule has 124 valence electrons. The fourth-order valence-electron chi connectivity index (χ4n) is 3.16. The Labute approximate surface area is 141 Å². The zero-order chi connectivity index (χ0) is 17.6. The quantitative estimate of drug-likeness (QED) is 0.471. The molecular weight excluding hydrogens is 307 g/mol. The maximum absolute atomic E-state index is 14.0. The summed E-state index contributed by atoms with van der Waals surface area (Å²) in [7, 11) is 0. The molecule has 0 aromatic heterocycles. The first kappa shape index (κ1) is 17.7. The van der Waals surface area contributed by atoms with E-state index in [2.05, 4.69) is 0 Å². The Morgan fingerprint density at radius 3 is 2.58 bits per heavy atom. The molecule has 0 saturated heterocycles. The minimum Gasteiger partial charge on any atom is -0.415 e. The van der Waals surface area contributed by atoms with Crippen LogP contribution in [0.15, 0.2) is 30.0 Å². The second-order valence-electron chi connectivity index (χ2n) is 5.93. The molecule has 0 atom stereocenters. The summed E-state index contributed by atoms with van der Waals surface area (Å²) in [5.74, 6) is -1.19. The van der Waals surface area contributed by atoms with Crippen LogP contribution in [-0.4, -0.2) is 5.97 Å². The molecule has 4 nitrogen and oxygen atoms in total. The Kier molecular flexibility index (Phi) is 5.71. The smallest absolute Gasteiger partial charge is 0.322 e. The molecule has 1 aliphatic rings. The molecule has 1 aliphatic carbocycles. The van der Waals surface area contributed by atoms with Gasteiger partial charge in [0, 0.05) is 0 Å². The summed E-state index contributed by atoms with van der Waals surface area (Å²) in [6.07, 6.45) is 5.88. The van der Waals surface area contributed by atoms with E-state index in [1.54, 1.807) is 18.2 Å². The van der Waals surface area contributed by atoms with Crippen LogP contribution in [0.25, 0.3) is 0 Å². The molecule has 0 unspecified atom stereocenters. The predicted octanol–water partition coefficient (Wildman–Crippen LogP) is 4.26. The van der Waals surface area contributed by atoms with Crippen molar-refractivity contribution in [3.8, 4) is 12.1 Å². The Morgan fingerprint density at radius 2 is 2.04 bits per heavy atom. The van der Waals surface area contributed by atoms with Gasteiger partial charge in [-0.3, -0.25) is 4.79 Å². The molecule has 1 aromatic rings. The second kappa shape index (κ2) is 7.75. The molecule has 1 saturated carbocycles. The van der Waals surface area contributed by atoms with Crippen molar-refractivity contribution in [2.24, 2.45) is 0 Å². The molecule has 2 rings (SSSR count). The summed E-state index contributed by atoms with van der Waals surface area (Å²) in [6.45, 7) is 1.84. The van der Waals surface area contributed by atoms with Crippen molar-refractivity contribution in [1.82, 2.24) is 0 Å². The van der Waals surface area contributed by atoms with Gasteiger partial charge in [0.25, 0.3) is 0 Å². The van der Waals surface area contributed by atoms with Crippen molar-refractivity contribution < 1.29 is 13.9 Å². The molecule has 1 aromatic carbocycles. The lowest BCUT2D eigenvalue weighted by Gasteiger charge is -2.35. The van der Waals surface area contributed by atoms with Crippen LogP contribution >= 0.6 is 0 Å². The number of hydrogen-bond donors (Lipinski definition) is 0. The lowest BCUT2D eigenvalue weighted by Crippen LogP contribution is -2.39. The largest absolute Gasteiger partial charge is 0.415 e. The summed E-state index contributed by atoms with van der Waals surface area (Å²) in [6, 6.07) is 7.91. The molecular formula is C19H19FN2O2. The van der Waals surface area contributed by atoms with Gasteiger partial charge in [0.05, 0.1) is 11.0 Å². The highest BCUT2D eigenvalue weighted by molar-refractivity contribution is 5.84. The van der Waals surface area contributed by atoms with Crippen molar-refractivity contribution in [2.75, 3.05) is 0 Å². The average Bonchev–Trinajstić information content (AvgIpc) is 2.61. The van der Waals surface area contributed by atoms with E-state index in [1.165, 1.54) is 12.1 Å². The first-order chi connectivity index (χ1) is 11.6. The maximum Gasteiger partial charge on any atom is 0.322 e. The molecule has 0 N–H and O–H groups in total. The van der Waals surface area contributed by atoms with Crippen LogP contribution in [0.2, 0.25) is 0 Å². The third kappa shape index (κ3) is 3.46. The van der Waals surface area contributed by atoms with E-state index in [0.717, 1.165) is 19.3 Å². The van der Waals surface area contributed by atoms with Gasteiger partial charge in [-0.1, -0.05) is 32.3 Å². The fourth-order valence-corrected chi connectivity index (χ4v) is 3.16. The normalized spacial score (nSPS) is 16.8. The van der Waals surface area contributed by atoms with Crippen LogP contribution in [-0.2, 0) is 14.9 Å². The third-order valence-electron chi connectivity index (χ3n) is 4.44. The second-order valence-corrected chi connectivity index (χ2v) is 5.93. The SMILES string of the molecule is CCC=C(C#N)OC(=O)C1(c2ccc(C#N)c(F)c2)CCCCC1. The molecule has 5 heteroatoms. The van der Waals surface area contributed by atoms with Crippen LogP contribution in [0.5, 0.6) is 0 Å². The van der Waals surface area contributed by atoms with Gasteiger partial charge < -0.3 is 4.74 Å². The van der Waals surface area contributed by atoms with E-state index in [4.69, 9.17) is 15.3 Å². The molecule has 0 radical (unpaired) electrons. The number of esters is 1. The van der Waals surface area contributed by atoms with Gasteiger partial charge in [-0.15, -0.1) is 0 Å². The standard InChI is InChI=1S/C19H19FN2O2/c1-2-6-16(13-22)24-18(23)19(9-4-3-5-10-19)15-8-7-14(12-21)17(20)11-15/h6-8,11H,2-5,9-10H2,1H3. The van der Waals surface area contributed by atoms with Gasteiger partial charge in [-0.25, -0.2) is 4.39 Å². The molecule has 24 heavy (non-hydrogen) atoms.